The highest BCUT2D eigenvalue weighted by atomic mass is 32.2. The SMILES string of the molecule is CCn1c(SCC(=O)Nc2nccs2)nnc1[C@@H](C)NC(=O)c1ccc(C)cc1. The Hall–Kier alpha value is -2.72. The summed E-state index contributed by atoms with van der Waals surface area (Å²) in [5.41, 5.74) is 1.69. The smallest absolute Gasteiger partial charge is 0.251 e. The van der Waals surface area contributed by atoms with Crippen LogP contribution < -0.4 is 10.6 Å². The number of aryl methyl sites for hydroxylation is 1. The molecule has 0 unspecified atom stereocenters. The van der Waals surface area contributed by atoms with Crippen molar-refractivity contribution < 1.29 is 9.59 Å². The van der Waals surface area contributed by atoms with E-state index in [9.17, 15) is 9.59 Å². The van der Waals surface area contributed by atoms with Crippen molar-refractivity contribution in [1.29, 1.82) is 0 Å². The lowest BCUT2D eigenvalue weighted by atomic mass is 10.1. The number of hydrogen-bond donors (Lipinski definition) is 2. The fourth-order valence-electron chi connectivity index (χ4n) is 2.64. The fourth-order valence-corrected chi connectivity index (χ4v) is 4.00. The number of thioether (sulfide) groups is 1. The van der Waals surface area contributed by atoms with E-state index in [2.05, 4.69) is 25.8 Å². The number of thiazole rings is 1. The number of amides is 2. The number of nitrogens with zero attached hydrogens (tertiary/aromatic N) is 4. The Labute approximate surface area is 177 Å². The summed E-state index contributed by atoms with van der Waals surface area (Å²) in [7, 11) is 0. The van der Waals surface area contributed by atoms with Crippen LogP contribution in [0.15, 0.2) is 41.0 Å². The molecule has 2 aromatic heterocycles. The number of rotatable bonds is 8. The molecular weight excluding hydrogens is 408 g/mol. The van der Waals surface area contributed by atoms with Gasteiger partial charge in [0.25, 0.3) is 5.91 Å². The molecule has 0 radical (unpaired) electrons. The van der Waals surface area contributed by atoms with Gasteiger partial charge in [0, 0.05) is 23.7 Å². The molecule has 10 heteroatoms. The van der Waals surface area contributed by atoms with Gasteiger partial charge in [-0.1, -0.05) is 29.5 Å². The maximum Gasteiger partial charge on any atom is 0.251 e. The zero-order chi connectivity index (χ0) is 20.8. The lowest BCUT2D eigenvalue weighted by molar-refractivity contribution is -0.113. The van der Waals surface area contributed by atoms with Crippen molar-refractivity contribution in [1.82, 2.24) is 25.1 Å². The molecule has 0 aliphatic carbocycles. The fraction of sp³-hybridized carbons (Fsp3) is 0.316. The highest BCUT2D eigenvalue weighted by Gasteiger charge is 2.20. The van der Waals surface area contributed by atoms with Crippen molar-refractivity contribution in [3.05, 3.63) is 52.8 Å². The third kappa shape index (κ3) is 5.42. The van der Waals surface area contributed by atoms with Gasteiger partial charge in [-0.3, -0.25) is 9.59 Å². The molecule has 2 N–H and O–H groups in total. The van der Waals surface area contributed by atoms with Crippen LogP contribution in [0, 0.1) is 6.92 Å². The zero-order valence-corrected chi connectivity index (χ0v) is 18.0. The van der Waals surface area contributed by atoms with Crippen molar-refractivity contribution in [2.24, 2.45) is 0 Å². The maximum atomic E-state index is 12.5. The highest BCUT2D eigenvalue weighted by molar-refractivity contribution is 7.99. The Morgan fingerprint density at radius 3 is 2.66 bits per heavy atom. The van der Waals surface area contributed by atoms with Crippen molar-refractivity contribution in [2.45, 2.75) is 38.5 Å². The van der Waals surface area contributed by atoms with Crippen LogP contribution in [0.1, 0.15) is 41.6 Å². The Bertz CT molecular complexity index is 969. The van der Waals surface area contributed by atoms with Gasteiger partial charge >= 0.3 is 0 Å². The number of anilines is 1. The van der Waals surface area contributed by atoms with Gasteiger partial charge in [0.2, 0.25) is 5.91 Å². The molecule has 0 aliphatic rings. The van der Waals surface area contributed by atoms with Gasteiger partial charge in [0.1, 0.15) is 0 Å². The second-order valence-corrected chi connectivity index (χ2v) is 8.16. The zero-order valence-electron chi connectivity index (χ0n) is 16.4. The molecule has 1 aromatic carbocycles. The van der Waals surface area contributed by atoms with Crippen LogP contribution in [0.5, 0.6) is 0 Å². The Balaban J connectivity index is 1.62. The summed E-state index contributed by atoms with van der Waals surface area (Å²) in [6.45, 7) is 6.45. The lowest BCUT2D eigenvalue weighted by Crippen LogP contribution is -2.28. The highest BCUT2D eigenvalue weighted by Crippen LogP contribution is 2.21. The number of carbonyl (C=O) groups excluding carboxylic acids is 2. The van der Waals surface area contributed by atoms with E-state index in [0.717, 1.165) is 5.56 Å². The molecule has 29 heavy (non-hydrogen) atoms. The summed E-state index contributed by atoms with van der Waals surface area (Å²) in [5, 5.41) is 17.1. The van der Waals surface area contributed by atoms with E-state index in [4.69, 9.17) is 0 Å². The van der Waals surface area contributed by atoms with Crippen molar-refractivity contribution >= 4 is 40.0 Å². The lowest BCUT2D eigenvalue weighted by Gasteiger charge is -2.15. The van der Waals surface area contributed by atoms with E-state index < -0.39 is 0 Å². The van der Waals surface area contributed by atoms with E-state index in [1.807, 2.05) is 37.5 Å². The quantitative estimate of drug-likeness (QED) is 0.532. The van der Waals surface area contributed by atoms with Crippen LogP contribution in [0.25, 0.3) is 0 Å². The van der Waals surface area contributed by atoms with Crippen LogP contribution in [0.2, 0.25) is 0 Å². The molecule has 1 atom stereocenters. The van der Waals surface area contributed by atoms with E-state index in [1.165, 1.54) is 23.1 Å². The summed E-state index contributed by atoms with van der Waals surface area (Å²) in [5.74, 6) is 0.524. The topological polar surface area (TPSA) is 102 Å². The standard InChI is InChI=1S/C19H22N6O2S2/c1-4-25-16(13(3)21-17(27)14-7-5-12(2)6-8-14)23-24-19(25)29-11-15(26)22-18-20-9-10-28-18/h5-10,13H,4,11H2,1-3H3,(H,21,27)(H,20,22,26)/t13-/m1/s1. The van der Waals surface area contributed by atoms with E-state index in [1.54, 1.807) is 23.7 Å². The molecule has 0 aliphatic heterocycles. The monoisotopic (exact) mass is 430 g/mol. The number of hydrogen-bond acceptors (Lipinski definition) is 7. The minimum Gasteiger partial charge on any atom is -0.342 e. The van der Waals surface area contributed by atoms with E-state index >= 15 is 0 Å². The normalized spacial score (nSPS) is 11.8. The number of aromatic nitrogens is 4. The molecule has 3 aromatic rings. The molecule has 3 rings (SSSR count). The van der Waals surface area contributed by atoms with Crippen molar-refractivity contribution in [2.75, 3.05) is 11.1 Å². The van der Waals surface area contributed by atoms with Crippen LogP contribution in [-0.2, 0) is 11.3 Å². The molecule has 152 valence electrons. The summed E-state index contributed by atoms with van der Waals surface area (Å²) in [4.78, 5) is 28.6. The Morgan fingerprint density at radius 1 is 1.24 bits per heavy atom. The van der Waals surface area contributed by atoms with Crippen LogP contribution in [0.4, 0.5) is 5.13 Å². The maximum absolute atomic E-state index is 12.5. The predicted octanol–water partition coefficient (Wildman–Crippen LogP) is 3.28. The first-order chi connectivity index (χ1) is 14.0. The third-order valence-electron chi connectivity index (χ3n) is 4.12. The van der Waals surface area contributed by atoms with Gasteiger partial charge in [-0.25, -0.2) is 4.98 Å². The molecule has 0 fully saturated rings. The third-order valence-corrected chi connectivity index (χ3v) is 5.78. The van der Waals surface area contributed by atoms with Crippen LogP contribution >= 0.6 is 23.1 Å². The van der Waals surface area contributed by atoms with Crippen molar-refractivity contribution in [3.63, 3.8) is 0 Å². The Kier molecular flexibility index (Phi) is 6.99. The molecule has 8 nitrogen and oxygen atoms in total. The average Bonchev–Trinajstić information content (AvgIpc) is 3.36. The van der Waals surface area contributed by atoms with Gasteiger partial charge in [-0.2, -0.15) is 0 Å². The molecule has 2 amide bonds. The number of nitrogens with one attached hydrogen (secondary N) is 2. The van der Waals surface area contributed by atoms with Gasteiger partial charge in [0.15, 0.2) is 16.1 Å². The van der Waals surface area contributed by atoms with Crippen LogP contribution in [-0.4, -0.2) is 37.3 Å². The molecule has 0 saturated heterocycles. The molecule has 0 spiro atoms. The molecule has 2 heterocycles. The van der Waals surface area contributed by atoms with E-state index in [-0.39, 0.29) is 23.6 Å². The van der Waals surface area contributed by atoms with Crippen LogP contribution in [0.3, 0.4) is 0 Å². The molecule has 0 saturated carbocycles. The van der Waals surface area contributed by atoms with Gasteiger partial charge in [-0.15, -0.1) is 21.5 Å². The van der Waals surface area contributed by atoms with Gasteiger partial charge < -0.3 is 15.2 Å². The number of benzene rings is 1. The van der Waals surface area contributed by atoms with E-state index in [0.29, 0.717) is 28.2 Å². The largest absolute Gasteiger partial charge is 0.342 e. The Morgan fingerprint density at radius 2 is 2.00 bits per heavy atom. The summed E-state index contributed by atoms with van der Waals surface area (Å²) >= 11 is 2.67. The summed E-state index contributed by atoms with van der Waals surface area (Å²) < 4.78 is 1.90. The first kappa shape index (κ1) is 21.0. The second kappa shape index (κ2) is 9.66. The minimum absolute atomic E-state index is 0.155. The summed E-state index contributed by atoms with van der Waals surface area (Å²) in [6.07, 6.45) is 1.64. The van der Waals surface area contributed by atoms with Gasteiger partial charge in [0.05, 0.1) is 11.8 Å². The molecule has 0 bridgehead atoms. The minimum atomic E-state index is -0.324. The first-order valence-electron chi connectivity index (χ1n) is 9.10. The van der Waals surface area contributed by atoms with Gasteiger partial charge in [-0.05, 0) is 32.9 Å². The second-order valence-electron chi connectivity index (χ2n) is 6.32. The predicted molar refractivity (Wildman–Crippen MR) is 114 cm³/mol. The average molecular weight is 431 g/mol. The molecular formula is C19H22N6O2S2. The summed E-state index contributed by atoms with van der Waals surface area (Å²) in [6, 6.07) is 7.07. The number of carbonyl (C=O) groups is 2. The first-order valence-corrected chi connectivity index (χ1v) is 11.0. The van der Waals surface area contributed by atoms with Crippen molar-refractivity contribution in [3.8, 4) is 0 Å².